The van der Waals surface area contributed by atoms with Gasteiger partial charge in [0.05, 0.1) is 10.2 Å². The van der Waals surface area contributed by atoms with Gasteiger partial charge in [-0.05, 0) is 39.2 Å². The maximum Gasteiger partial charge on any atom is 0.280 e. The number of aromatic nitrogens is 3. The van der Waals surface area contributed by atoms with Gasteiger partial charge >= 0.3 is 0 Å². The van der Waals surface area contributed by atoms with Gasteiger partial charge in [-0.25, -0.2) is 9.37 Å². The average molecular weight is 361 g/mol. The van der Waals surface area contributed by atoms with Crippen molar-refractivity contribution < 1.29 is 9.18 Å². The van der Waals surface area contributed by atoms with Crippen LogP contribution in [0.3, 0.4) is 0 Å². The molecule has 0 aliphatic heterocycles. The van der Waals surface area contributed by atoms with Crippen LogP contribution in [-0.2, 0) is 7.05 Å². The zero-order chi connectivity index (χ0) is 18.1. The highest BCUT2D eigenvalue weighted by Crippen LogP contribution is 2.30. The molecule has 0 bridgehead atoms. The Labute approximate surface area is 149 Å². The fourth-order valence-corrected chi connectivity index (χ4v) is 3.55. The van der Waals surface area contributed by atoms with Crippen LogP contribution in [0, 0.1) is 12.7 Å². The van der Waals surface area contributed by atoms with Crippen molar-refractivity contribution in [3.8, 4) is 0 Å². The van der Waals surface area contributed by atoms with Gasteiger partial charge in [0.1, 0.15) is 5.82 Å². The van der Waals surface area contributed by atoms with Crippen LogP contribution >= 0.6 is 11.3 Å². The molecule has 1 amide bonds. The lowest BCUT2D eigenvalue weighted by atomic mass is 10.2. The fourth-order valence-electron chi connectivity index (χ4n) is 2.53. The lowest BCUT2D eigenvalue weighted by Gasteiger charge is -2.21. The number of hydrogen-bond donors (Lipinski definition) is 0. The van der Waals surface area contributed by atoms with E-state index in [0.717, 1.165) is 10.3 Å². The highest BCUT2D eigenvalue weighted by molar-refractivity contribution is 7.22. The second-order valence-corrected chi connectivity index (χ2v) is 7.21. The van der Waals surface area contributed by atoms with Crippen molar-refractivity contribution in [1.82, 2.24) is 19.7 Å². The van der Waals surface area contributed by atoms with E-state index in [1.54, 1.807) is 22.7 Å². The number of aryl methyl sites for hydroxylation is 2. The molecule has 0 aliphatic rings. The highest BCUT2D eigenvalue weighted by Gasteiger charge is 2.25. The molecule has 0 unspecified atom stereocenters. The molecule has 2 heterocycles. The molecule has 0 fully saturated rings. The third-order valence-electron chi connectivity index (χ3n) is 3.80. The quantitative estimate of drug-likeness (QED) is 0.701. The van der Waals surface area contributed by atoms with Gasteiger partial charge in [-0.2, -0.15) is 5.10 Å². The topological polar surface area (TPSA) is 54.3 Å². The van der Waals surface area contributed by atoms with E-state index in [0.29, 0.717) is 29.4 Å². The van der Waals surface area contributed by atoms with Crippen LogP contribution in [0.4, 0.5) is 9.52 Å². The number of halogens is 1. The zero-order valence-electron chi connectivity index (χ0n) is 14.7. The largest absolute Gasteiger partial charge is 0.308 e. The molecule has 132 valence electrons. The highest BCUT2D eigenvalue weighted by atomic mass is 32.1. The first-order valence-electron chi connectivity index (χ1n) is 7.88. The minimum absolute atomic E-state index is 0.195. The van der Waals surface area contributed by atoms with Gasteiger partial charge in [0, 0.05) is 31.9 Å². The molecule has 6 nitrogen and oxygen atoms in total. The summed E-state index contributed by atoms with van der Waals surface area (Å²) in [5.74, 6) is -0.506. The van der Waals surface area contributed by atoms with Gasteiger partial charge in [-0.1, -0.05) is 11.3 Å². The van der Waals surface area contributed by atoms with E-state index < -0.39 is 0 Å². The van der Waals surface area contributed by atoms with Crippen molar-refractivity contribution in [1.29, 1.82) is 0 Å². The molecule has 0 aliphatic carbocycles. The normalized spacial score (nSPS) is 11.4. The summed E-state index contributed by atoms with van der Waals surface area (Å²) in [5.41, 5.74) is 1.91. The Bertz CT molecular complexity index is 917. The van der Waals surface area contributed by atoms with E-state index in [-0.39, 0.29) is 11.7 Å². The summed E-state index contributed by atoms with van der Waals surface area (Å²) in [6.45, 7) is 3.02. The van der Waals surface area contributed by atoms with Crippen LogP contribution in [0.2, 0.25) is 0 Å². The summed E-state index contributed by atoms with van der Waals surface area (Å²) < 4.78 is 15.8. The minimum atomic E-state index is -0.311. The maximum atomic E-state index is 13.5. The van der Waals surface area contributed by atoms with E-state index in [2.05, 4.69) is 10.1 Å². The van der Waals surface area contributed by atoms with Crippen LogP contribution in [0.5, 0.6) is 0 Å². The summed E-state index contributed by atoms with van der Waals surface area (Å²) in [6, 6.07) is 4.45. The SMILES string of the molecule is Cc1cn(C)nc1C(=O)N(CCN(C)C)c1nc2ccc(F)cc2s1. The molecule has 3 aromatic rings. The molecule has 25 heavy (non-hydrogen) atoms. The molecule has 8 heteroatoms. The van der Waals surface area contributed by atoms with Gasteiger partial charge < -0.3 is 4.90 Å². The third kappa shape index (κ3) is 3.69. The summed E-state index contributed by atoms with van der Waals surface area (Å²) in [4.78, 5) is 21.2. The average Bonchev–Trinajstić information content (AvgIpc) is 3.09. The first kappa shape index (κ1) is 17.5. The predicted molar refractivity (Wildman–Crippen MR) is 97.8 cm³/mol. The number of fused-ring (bicyclic) bond motifs is 1. The Morgan fingerprint density at radius 3 is 2.72 bits per heavy atom. The van der Waals surface area contributed by atoms with Gasteiger partial charge in [0.15, 0.2) is 10.8 Å². The molecule has 0 spiro atoms. The van der Waals surface area contributed by atoms with Crippen LogP contribution < -0.4 is 4.90 Å². The minimum Gasteiger partial charge on any atom is -0.308 e. The molecule has 1 aromatic carbocycles. The van der Waals surface area contributed by atoms with Crippen molar-refractivity contribution in [3.05, 3.63) is 41.5 Å². The number of carbonyl (C=O) groups is 1. The maximum absolute atomic E-state index is 13.5. The Kier molecular flexibility index (Phi) is 4.82. The van der Waals surface area contributed by atoms with E-state index in [9.17, 15) is 9.18 Å². The fraction of sp³-hybridized carbons (Fsp3) is 0.353. The molecular formula is C17H20FN5OS. The number of amides is 1. The first-order valence-corrected chi connectivity index (χ1v) is 8.69. The molecule has 0 atom stereocenters. The van der Waals surface area contributed by atoms with Crippen molar-refractivity contribution in [2.45, 2.75) is 6.92 Å². The van der Waals surface area contributed by atoms with Gasteiger partial charge in [-0.3, -0.25) is 14.4 Å². The molecule has 0 radical (unpaired) electrons. The van der Waals surface area contributed by atoms with Crippen LogP contribution in [0.1, 0.15) is 16.1 Å². The molecule has 3 rings (SSSR count). The van der Waals surface area contributed by atoms with Crippen LogP contribution in [0.25, 0.3) is 10.2 Å². The molecule has 2 aromatic heterocycles. The molecule has 0 saturated heterocycles. The Morgan fingerprint density at radius 1 is 1.32 bits per heavy atom. The second kappa shape index (κ2) is 6.89. The van der Waals surface area contributed by atoms with Gasteiger partial charge in [0.2, 0.25) is 0 Å². The van der Waals surface area contributed by atoms with Crippen LogP contribution in [0.15, 0.2) is 24.4 Å². The van der Waals surface area contributed by atoms with E-state index in [4.69, 9.17) is 0 Å². The van der Waals surface area contributed by atoms with Crippen molar-refractivity contribution in [2.75, 3.05) is 32.1 Å². The zero-order valence-corrected chi connectivity index (χ0v) is 15.5. The smallest absolute Gasteiger partial charge is 0.280 e. The number of carbonyl (C=O) groups excluding carboxylic acids is 1. The number of likely N-dealkylation sites (N-methyl/N-ethyl adjacent to an activating group) is 1. The Hall–Kier alpha value is -2.32. The summed E-state index contributed by atoms with van der Waals surface area (Å²) >= 11 is 1.31. The van der Waals surface area contributed by atoms with Gasteiger partial charge in [-0.15, -0.1) is 0 Å². The van der Waals surface area contributed by atoms with E-state index >= 15 is 0 Å². The monoisotopic (exact) mass is 361 g/mol. The first-order chi connectivity index (χ1) is 11.8. The summed E-state index contributed by atoms with van der Waals surface area (Å²) in [6.07, 6.45) is 1.81. The molecular weight excluding hydrogens is 341 g/mol. The lowest BCUT2D eigenvalue weighted by molar-refractivity contribution is 0.0979. The van der Waals surface area contributed by atoms with Crippen molar-refractivity contribution >= 4 is 32.6 Å². The predicted octanol–water partition coefficient (Wildman–Crippen LogP) is 2.69. The van der Waals surface area contributed by atoms with Crippen LogP contribution in [-0.4, -0.2) is 52.8 Å². The molecule has 0 N–H and O–H groups in total. The Morgan fingerprint density at radius 2 is 2.08 bits per heavy atom. The van der Waals surface area contributed by atoms with Gasteiger partial charge in [0.25, 0.3) is 5.91 Å². The Balaban J connectivity index is 2.00. The summed E-state index contributed by atoms with van der Waals surface area (Å²) in [5, 5.41) is 4.83. The molecule has 0 saturated carbocycles. The number of nitrogens with zero attached hydrogens (tertiary/aromatic N) is 5. The van der Waals surface area contributed by atoms with Crippen molar-refractivity contribution in [2.24, 2.45) is 7.05 Å². The number of hydrogen-bond acceptors (Lipinski definition) is 5. The van der Waals surface area contributed by atoms with E-state index in [1.165, 1.54) is 23.5 Å². The van der Waals surface area contributed by atoms with E-state index in [1.807, 2.05) is 32.1 Å². The number of thiazole rings is 1. The summed E-state index contributed by atoms with van der Waals surface area (Å²) in [7, 11) is 5.68. The van der Waals surface area contributed by atoms with Crippen molar-refractivity contribution in [3.63, 3.8) is 0 Å². The number of benzene rings is 1. The number of rotatable bonds is 5. The standard InChI is InChI=1S/C17H20FN5OS/c1-11-10-22(4)20-15(11)16(24)23(8-7-21(2)3)17-19-13-6-5-12(18)9-14(13)25-17/h5-6,9-10H,7-8H2,1-4H3. The third-order valence-corrected chi connectivity index (χ3v) is 4.84. The lowest BCUT2D eigenvalue weighted by Crippen LogP contribution is -2.37. The number of anilines is 1. The second-order valence-electron chi connectivity index (χ2n) is 6.20.